The van der Waals surface area contributed by atoms with E-state index in [1.54, 1.807) is 18.2 Å². The van der Waals surface area contributed by atoms with Gasteiger partial charge in [0.15, 0.2) is 34.5 Å². The smallest absolute Gasteiger partial charge is 0.331 e. The molecule has 65 heavy (non-hydrogen) atoms. The summed E-state index contributed by atoms with van der Waals surface area (Å²) < 4.78 is 19.0. The Kier molecular flexibility index (Phi) is 13.6. The second-order valence-corrected chi connectivity index (χ2v) is 18.9. The lowest BCUT2D eigenvalue weighted by Gasteiger charge is -2.64. The summed E-state index contributed by atoms with van der Waals surface area (Å²) in [5.41, 5.74) is 0.447. The zero-order valence-corrected chi connectivity index (χ0v) is 36.7. The number of benzene rings is 3. The van der Waals surface area contributed by atoms with E-state index >= 15 is 0 Å². The summed E-state index contributed by atoms with van der Waals surface area (Å²) in [6.07, 6.45) is 11.3. The summed E-state index contributed by atoms with van der Waals surface area (Å²) in [6.45, 7) is 6.42. The predicted molar refractivity (Wildman–Crippen MR) is 238 cm³/mol. The van der Waals surface area contributed by atoms with E-state index in [2.05, 4.69) is 20.8 Å². The first kappa shape index (κ1) is 46.5. The lowest BCUT2D eigenvalue weighted by molar-refractivity contribution is -0.222. The maximum absolute atomic E-state index is 13.9. The van der Waals surface area contributed by atoms with E-state index in [-0.39, 0.29) is 81.8 Å². The van der Waals surface area contributed by atoms with Crippen molar-refractivity contribution >= 4 is 42.1 Å². The number of carboxylic acids is 1. The van der Waals surface area contributed by atoms with Crippen LogP contribution in [0.25, 0.3) is 18.2 Å². The first-order valence-corrected chi connectivity index (χ1v) is 22.3. The number of esters is 3. The molecule has 4 fully saturated rings. The van der Waals surface area contributed by atoms with E-state index in [9.17, 15) is 54.9 Å². The Balaban J connectivity index is 1.20. The first-order valence-electron chi connectivity index (χ1n) is 22.3. The third-order valence-electron chi connectivity index (χ3n) is 15.3. The van der Waals surface area contributed by atoms with Gasteiger partial charge in [-0.3, -0.25) is 4.79 Å². The second-order valence-electron chi connectivity index (χ2n) is 18.9. The molecule has 0 aliphatic heterocycles. The molecule has 0 unspecified atom stereocenters. The van der Waals surface area contributed by atoms with Crippen LogP contribution in [0.1, 0.15) is 95.2 Å². The lowest BCUT2D eigenvalue weighted by Crippen LogP contribution is -2.63. The van der Waals surface area contributed by atoms with E-state index in [0.29, 0.717) is 55.2 Å². The fraction of sp³-hybridized carbons (Fsp3) is 0.451. The largest absolute Gasteiger partial charge is 0.504 e. The fourth-order valence-electron chi connectivity index (χ4n) is 12.0. The Morgan fingerprint density at radius 1 is 0.646 bits per heavy atom. The summed E-state index contributed by atoms with van der Waals surface area (Å²) in [5, 5.41) is 68.9. The van der Waals surface area contributed by atoms with Crippen LogP contribution in [0, 0.1) is 46.3 Å². The molecule has 0 spiro atoms. The average molecular weight is 895 g/mol. The molecule has 0 radical (unpaired) electrons. The van der Waals surface area contributed by atoms with Crippen LogP contribution in [0.15, 0.2) is 72.8 Å². The molecule has 7 rings (SSSR count). The van der Waals surface area contributed by atoms with Gasteiger partial charge in [0.05, 0.1) is 0 Å². The number of ether oxygens (including phenoxy) is 3. The van der Waals surface area contributed by atoms with Gasteiger partial charge in [0.1, 0.15) is 18.3 Å². The molecular formula is C51H58O14. The third kappa shape index (κ3) is 9.96. The molecule has 0 saturated heterocycles. The van der Waals surface area contributed by atoms with Gasteiger partial charge < -0.3 is 50.0 Å². The Morgan fingerprint density at radius 2 is 1.15 bits per heavy atom. The van der Waals surface area contributed by atoms with Crippen molar-refractivity contribution in [2.45, 2.75) is 96.9 Å². The molecule has 346 valence electrons. The molecule has 4 saturated carbocycles. The van der Waals surface area contributed by atoms with E-state index < -0.39 is 47.6 Å². The van der Waals surface area contributed by atoms with Gasteiger partial charge in [0.2, 0.25) is 0 Å². The number of hydrogen-bond acceptors (Lipinski definition) is 13. The summed E-state index contributed by atoms with van der Waals surface area (Å²) in [6, 6.07) is 12.6. The van der Waals surface area contributed by atoms with Crippen molar-refractivity contribution < 1.29 is 69.1 Å². The van der Waals surface area contributed by atoms with Crippen LogP contribution in [0.5, 0.6) is 34.5 Å². The molecule has 11 atom stereocenters. The molecule has 0 heterocycles. The van der Waals surface area contributed by atoms with Crippen LogP contribution >= 0.6 is 0 Å². The minimum absolute atomic E-state index is 0.00973. The third-order valence-corrected chi connectivity index (χ3v) is 15.3. The predicted octanol–water partition coefficient (Wildman–Crippen LogP) is 8.48. The van der Waals surface area contributed by atoms with Gasteiger partial charge in [0.25, 0.3) is 0 Å². The SMILES string of the molecule is C[C@H](CCC(=O)O)[C@H]1CC[C@H]2[C@@H]3[C@H](OC(=O)/C=C/c4ccc(O)c(O)c4)C[C@@H]4C[C@H](OC(=O)/C=C/c5ccc(O)c(O)c5)CC[C@]4(C)[C@H]3C[C@H](OC(=O)/C=C/c3ccc(O)c(O)c3)[C@]12C. The number of carbonyl (C=O) groups is 4. The Bertz CT molecular complexity index is 2380. The number of aliphatic carboxylic acids is 1. The first-order chi connectivity index (χ1) is 30.8. The van der Waals surface area contributed by atoms with Crippen molar-refractivity contribution in [2.75, 3.05) is 0 Å². The topological polar surface area (TPSA) is 238 Å². The maximum atomic E-state index is 13.9. The number of carboxylic acid groups (broad SMARTS) is 1. The van der Waals surface area contributed by atoms with E-state index in [1.165, 1.54) is 72.9 Å². The Labute approximate surface area is 377 Å². The van der Waals surface area contributed by atoms with E-state index in [4.69, 9.17) is 14.2 Å². The molecule has 4 aliphatic carbocycles. The second kappa shape index (κ2) is 19.0. The number of fused-ring (bicyclic) bond motifs is 5. The summed E-state index contributed by atoms with van der Waals surface area (Å²) in [7, 11) is 0. The van der Waals surface area contributed by atoms with Crippen LogP contribution in [0.4, 0.5) is 0 Å². The molecular weight excluding hydrogens is 837 g/mol. The molecule has 3 aromatic carbocycles. The van der Waals surface area contributed by atoms with Crippen LogP contribution in [0.3, 0.4) is 0 Å². The molecule has 7 N–H and O–H groups in total. The molecule has 0 amide bonds. The van der Waals surface area contributed by atoms with Gasteiger partial charge in [0, 0.05) is 36.0 Å². The quantitative estimate of drug-likeness (QED) is 0.0369. The summed E-state index contributed by atoms with van der Waals surface area (Å²) in [4.78, 5) is 52.6. The van der Waals surface area contributed by atoms with E-state index in [1.807, 2.05) is 0 Å². The molecule has 0 bridgehead atoms. The average Bonchev–Trinajstić information content (AvgIpc) is 3.62. The zero-order chi connectivity index (χ0) is 46.8. The Hall–Kier alpha value is -6.44. The van der Waals surface area contributed by atoms with Crippen molar-refractivity contribution in [3.05, 3.63) is 89.5 Å². The molecule has 4 aliphatic rings. The highest BCUT2D eigenvalue weighted by atomic mass is 16.6. The van der Waals surface area contributed by atoms with Crippen LogP contribution in [-0.4, -0.2) is 77.9 Å². The normalized spacial score (nSPS) is 30.0. The highest BCUT2D eigenvalue weighted by Gasteiger charge is 2.67. The number of hydrogen-bond donors (Lipinski definition) is 7. The molecule has 14 nitrogen and oxygen atoms in total. The summed E-state index contributed by atoms with van der Waals surface area (Å²) in [5.74, 6) is -5.03. The van der Waals surface area contributed by atoms with Gasteiger partial charge in [-0.05, 0) is 158 Å². The minimum Gasteiger partial charge on any atom is -0.504 e. The zero-order valence-electron chi connectivity index (χ0n) is 36.7. The highest BCUT2D eigenvalue weighted by Crippen LogP contribution is 2.69. The number of carbonyl (C=O) groups excluding carboxylic acids is 3. The standard InChI is InChI=1S/C51H58O14/c1-28(4-16-45(58)59)34-11-12-35-49-36(27-44(51(34,35)3)65-48(62)19-10-31-7-15-39(54)42(57)24-31)50(2)21-20-33(63-46(60)17-8-29-5-13-37(52)40(55)22-29)25-32(50)26-43(49)64-47(61)18-9-30-6-14-38(53)41(56)23-30/h5-10,13-15,17-19,22-24,28,32-36,43-44,49,52-57H,4,11-12,16,20-21,25-27H2,1-3H3,(H,58,59)/b17-8+,18-9+,19-10+/t28-,32+,33-,34-,35+,36+,43-,44+,49+,50+,51-/m1/s1. The van der Waals surface area contributed by atoms with Crippen molar-refractivity contribution in [2.24, 2.45) is 46.3 Å². The van der Waals surface area contributed by atoms with Crippen molar-refractivity contribution in [3.63, 3.8) is 0 Å². The fourth-order valence-corrected chi connectivity index (χ4v) is 12.0. The van der Waals surface area contributed by atoms with Gasteiger partial charge in [-0.15, -0.1) is 0 Å². The monoisotopic (exact) mass is 894 g/mol. The lowest BCUT2D eigenvalue weighted by atomic mass is 9.43. The summed E-state index contributed by atoms with van der Waals surface area (Å²) >= 11 is 0. The van der Waals surface area contributed by atoms with Gasteiger partial charge in [-0.2, -0.15) is 0 Å². The van der Waals surface area contributed by atoms with Gasteiger partial charge in [-0.1, -0.05) is 39.0 Å². The highest BCUT2D eigenvalue weighted by molar-refractivity contribution is 5.88. The Morgan fingerprint density at radius 3 is 1.66 bits per heavy atom. The van der Waals surface area contributed by atoms with Crippen LogP contribution in [-0.2, 0) is 33.4 Å². The van der Waals surface area contributed by atoms with Crippen molar-refractivity contribution in [1.29, 1.82) is 0 Å². The molecule has 0 aromatic heterocycles. The van der Waals surface area contributed by atoms with Crippen LogP contribution in [0.2, 0.25) is 0 Å². The van der Waals surface area contributed by atoms with Crippen LogP contribution < -0.4 is 0 Å². The number of rotatable bonds is 13. The van der Waals surface area contributed by atoms with Gasteiger partial charge >= 0.3 is 23.9 Å². The van der Waals surface area contributed by atoms with Crippen molar-refractivity contribution in [3.8, 4) is 34.5 Å². The maximum Gasteiger partial charge on any atom is 0.331 e. The minimum atomic E-state index is -0.891. The van der Waals surface area contributed by atoms with Crippen molar-refractivity contribution in [1.82, 2.24) is 0 Å². The number of phenolic OH excluding ortho intramolecular Hbond substituents is 6. The molecule has 14 heteroatoms. The number of phenols is 6. The van der Waals surface area contributed by atoms with E-state index in [0.717, 1.165) is 12.8 Å². The molecule has 3 aromatic rings. The van der Waals surface area contributed by atoms with Gasteiger partial charge in [-0.25, -0.2) is 14.4 Å². The number of aromatic hydroxyl groups is 6.